The summed E-state index contributed by atoms with van der Waals surface area (Å²) in [5, 5.41) is 2.69. The number of nitrogens with one attached hydrogen (secondary N) is 1. The minimum absolute atomic E-state index is 0.00437. The molecule has 0 saturated carbocycles. The van der Waals surface area contributed by atoms with Crippen molar-refractivity contribution in [2.75, 3.05) is 12.3 Å². The summed E-state index contributed by atoms with van der Waals surface area (Å²) >= 11 is 1.39. The summed E-state index contributed by atoms with van der Waals surface area (Å²) in [7, 11) is -3.21. The molecule has 1 heterocycles. The number of rotatable bonds is 9. The summed E-state index contributed by atoms with van der Waals surface area (Å²) in [5.74, 6) is -0.557. The predicted molar refractivity (Wildman–Crippen MR) is 120 cm³/mol. The molecule has 30 heavy (non-hydrogen) atoms. The standard InChI is InChI=1S/C23H22FNO3S2/c24-21-10-5-4-9-20(21)22-13-11-19(29-22)12-14-23(26)25-15-6-16-30(27,28)17-18-7-2-1-3-8-18/h1-5,7-14H,6,15-17H2,(H,25,26). The lowest BCUT2D eigenvalue weighted by molar-refractivity contribution is -0.116. The van der Waals surface area contributed by atoms with Gasteiger partial charge in [-0.3, -0.25) is 4.79 Å². The molecule has 0 bridgehead atoms. The molecule has 4 nitrogen and oxygen atoms in total. The Morgan fingerprint density at radius 3 is 2.50 bits per heavy atom. The third-order valence-corrected chi connectivity index (χ3v) is 7.09. The zero-order chi connectivity index (χ0) is 21.4. The quantitative estimate of drug-likeness (QED) is 0.386. The molecule has 0 saturated heterocycles. The highest BCUT2D eigenvalue weighted by molar-refractivity contribution is 7.90. The van der Waals surface area contributed by atoms with Gasteiger partial charge in [-0.2, -0.15) is 0 Å². The van der Waals surface area contributed by atoms with Crippen LogP contribution in [0.1, 0.15) is 16.9 Å². The van der Waals surface area contributed by atoms with Crippen LogP contribution in [-0.2, 0) is 20.4 Å². The van der Waals surface area contributed by atoms with E-state index in [2.05, 4.69) is 5.32 Å². The van der Waals surface area contributed by atoms with Gasteiger partial charge >= 0.3 is 0 Å². The number of amides is 1. The largest absolute Gasteiger partial charge is 0.353 e. The minimum Gasteiger partial charge on any atom is -0.353 e. The fraction of sp³-hybridized carbons (Fsp3) is 0.174. The van der Waals surface area contributed by atoms with Crippen molar-refractivity contribution in [2.24, 2.45) is 0 Å². The molecule has 3 rings (SSSR count). The molecular weight excluding hydrogens is 421 g/mol. The van der Waals surface area contributed by atoms with E-state index < -0.39 is 9.84 Å². The Kier molecular flexibility index (Phi) is 7.54. The van der Waals surface area contributed by atoms with Crippen molar-refractivity contribution in [3.8, 4) is 10.4 Å². The van der Waals surface area contributed by atoms with Crippen molar-refractivity contribution in [2.45, 2.75) is 12.2 Å². The Morgan fingerprint density at radius 2 is 1.73 bits per heavy atom. The van der Waals surface area contributed by atoms with Crippen LogP contribution in [0.4, 0.5) is 4.39 Å². The molecule has 0 aliphatic carbocycles. The molecule has 0 aliphatic rings. The first-order valence-electron chi connectivity index (χ1n) is 9.48. The van der Waals surface area contributed by atoms with Crippen LogP contribution in [0, 0.1) is 5.82 Å². The summed E-state index contributed by atoms with van der Waals surface area (Å²) < 4.78 is 38.2. The lowest BCUT2D eigenvalue weighted by Crippen LogP contribution is -2.24. The average Bonchev–Trinajstić information content (AvgIpc) is 3.19. The number of carbonyl (C=O) groups excluding carboxylic acids is 1. The number of thiophene rings is 1. The first kappa shape index (κ1) is 21.9. The Morgan fingerprint density at radius 1 is 1.00 bits per heavy atom. The molecule has 3 aromatic rings. The Bertz CT molecular complexity index is 1120. The molecule has 1 aromatic heterocycles. The number of benzene rings is 2. The molecule has 1 amide bonds. The lowest BCUT2D eigenvalue weighted by Gasteiger charge is -2.05. The third kappa shape index (κ3) is 6.64. The van der Waals surface area contributed by atoms with E-state index in [1.165, 1.54) is 23.5 Å². The van der Waals surface area contributed by atoms with Crippen LogP contribution in [0.25, 0.3) is 16.5 Å². The van der Waals surface area contributed by atoms with Crippen LogP contribution in [0.2, 0.25) is 0 Å². The SMILES string of the molecule is O=C(C=Cc1ccc(-c2ccccc2F)s1)NCCCS(=O)(=O)Cc1ccccc1. The molecule has 0 spiro atoms. The number of hydrogen-bond donors (Lipinski definition) is 1. The highest BCUT2D eigenvalue weighted by Crippen LogP contribution is 2.30. The van der Waals surface area contributed by atoms with Gasteiger partial charge < -0.3 is 5.32 Å². The van der Waals surface area contributed by atoms with Gasteiger partial charge in [-0.25, -0.2) is 12.8 Å². The van der Waals surface area contributed by atoms with Gasteiger partial charge in [-0.15, -0.1) is 11.3 Å². The van der Waals surface area contributed by atoms with Crippen LogP contribution >= 0.6 is 11.3 Å². The van der Waals surface area contributed by atoms with Crippen molar-refractivity contribution < 1.29 is 17.6 Å². The van der Waals surface area contributed by atoms with Gasteiger partial charge in [0.15, 0.2) is 9.84 Å². The molecule has 7 heteroatoms. The highest BCUT2D eigenvalue weighted by Gasteiger charge is 2.11. The molecule has 0 aliphatic heterocycles. The fourth-order valence-electron chi connectivity index (χ4n) is 2.87. The Hall–Kier alpha value is -2.77. The van der Waals surface area contributed by atoms with E-state index >= 15 is 0 Å². The second-order valence-electron chi connectivity index (χ2n) is 6.74. The summed E-state index contributed by atoms with van der Waals surface area (Å²) in [4.78, 5) is 13.6. The smallest absolute Gasteiger partial charge is 0.244 e. The predicted octanol–water partition coefficient (Wildman–Crippen LogP) is 4.69. The summed E-state index contributed by atoms with van der Waals surface area (Å²) in [6.45, 7) is 0.280. The van der Waals surface area contributed by atoms with E-state index in [9.17, 15) is 17.6 Å². The van der Waals surface area contributed by atoms with Gasteiger partial charge in [-0.05, 0) is 36.3 Å². The maximum absolute atomic E-state index is 13.9. The molecule has 0 fully saturated rings. The zero-order valence-corrected chi connectivity index (χ0v) is 17.9. The molecule has 0 unspecified atom stereocenters. The topological polar surface area (TPSA) is 63.2 Å². The lowest BCUT2D eigenvalue weighted by atomic mass is 10.2. The van der Waals surface area contributed by atoms with Crippen LogP contribution in [0.15, 0.2) is 72.8 Å². The number of halogens is 1. The molecule has 156 valence electrons. The number of hydrogen-bond acceptors (Lipinski definition) is 4. The number of sulfone groups is 1. The van der Waals surface area contributed by atoms with Crippen molar-refractivity contribution in [1.82, 2.24) is 5.32 Å². The van der Waals surface area contributed by atoms with E-state index in [4.69, 9.17) is 0 Å². The van der Waals surface area contributed by atoms with E-state index in [0.29, 0.717) is 12.0 Å². The van der Waals surface area contributed by atoms with E-state index in [0.717, 1.165) is 15.3 Å². The van der Waals surface area contributed by atoms with Crippen molar-refractivity contribution in [3.63, 3.8) is 0 Å². The summed E-state index contributed by atoms with van der Waals surface area (Å²) in [5.41, 5.74) is 1.29. The van der Waals surface area contributed by atoms with Gasteiger partial charge in [0.2, 0.25) is 5.91 Å². The Labute approximate surface area is 180 Å². The zero-order valence-electron chi connectivity index (χ0n) is 16.3. The van der Waals surface area contributed by atoms with Crippen molar-refractivity contribution in [1.29, 1.82) is 0 Å². The normalized spacial score (nSPS) is 11.6. The van der Waals surface area contributed by atoms with E-state index in [1.807, 2.05) is 30.3 Å². The van der Waals surface area contributed by atoms with E-state index in [1.54, 1.807) is 36.4 Å². The molecule has 0 radical (unpaired) electrons. The molecule has 1 N–H and O–H groups in total. The van der Waals surface area contributed by atoms with Gasteiger partial charge in [0.25, 0.3) is 0 Å². The monoisotopic (exact) mass is 443 g/mol. The van der Waals surface area contributed by atoms with Crippen LogP contribution in [0.5, 0.6) is 0 Å². The first-order valence-corrected chi connectivity index (χ1v) is 12.1. The summed E-state index contributed by atoms with van der Waals surface area (Å²) in [6, 6.07) is 19.2. The summed E-state index contributed by atoms with van der Waals surface area (Å²) in [6.07, 6.45) is 3.41. The van der Waals surface area contributed by atoms with Crippen LogP contribution in [0.3, 0.4) is 0 Å². The third-order valence-electron chi connectivity index (χ3n) is 4.33. The maximum atomic E-state index is 13.9. The molecule has 2 aromatic carbocycles. The van der Waals surface area contributed by atoms with Crippen molar-refractivity contribution in [3.05, 3.63) is 89.1 Å². The second kappa shape index (κ2) is 10.3. The van der Waals surface area contributed by atoms with Gasteiger partial charge in [0.05, 0.1) is 11.5 Å². The fourth-order valence-corrected chi connectivity index (χ4v) is 5.24. The van der Waals surface area contributed by atoms with Crippen molar-refractivity contribution >= 4 is 33.2 Å². The highest BCUT2D eigenvalue weighted by atomic mass is 32.2. The molecular formula is C23H22FNO3S2. The second-order valence-corrected chi connectivity index (χ2v) is 10.0. The van der Waals surface area contributed by atoms with Gasteiger partial charge in [-0.1, -0.05) is 48.5 Å². The van der Waals surface area contributed by atoms with Crippen LogP contribution < -0.4 is 5.32 Å². The average molecular weight is 444 g/mol. The minimum atomic E-state index is -3.21. The van der Waals surface area contributed by atoms with Crippen LogP contribution in [-0.4, -0.2) is 26.6 Å². The maximum Gasteiger partial charge on any atom is 0.244 e. The van der Waals surface area contributed by atoms with E-state index in [-0.39, 0.29) is 29.8 Å². The first-order chi connectivity index (χ1) is 14.4. The molecule has 0 atom stereocenters. The van der Waals surface area contributed by atoms with Gasteiger partial charge in [0, 0.05) is 27.9 Å². The Balaban J connectivity index is 1.44. The van der Waals surface area contributed by atoms with Gasteiger partial charge in [0.1, 0.15) is 5.82 Å². The number of carbonyl (C=O) groups is 1.